The van der Waals surface area contributed by atoms with Crippen LogP contribution < -0.4 is 0 Å². The monoisotopic (exact) mass is 372 g/mol. The molecule has 0 unspecified atom stereocenters. The minimum atomic E-state index is -1.26. The van der Waals surface area contributed by atoms with Crippen molar-refractivity contribution in [3.05, 3.63) is 60.7 Å². The zero-order chi connectivity index (χ0) is 21.1. The molecule has 6 N–H and O–H groups in total. The minimum Gasteiger partial charge on any atom is -0.478 e. The molecular weight excluding hydrogens is 352 g/mol. The molecule has 0 heterocycles. The van der Waals surface area contributed by atoms with E-state index < -0.39 is 23.9 Å². The van der Waals surface area contributed by atoms with Crippen molar-refractivity contribution >= 4 is 23.9 Å². The molecule has 1 aromatic rings. The molecule has 0 aliphatic carbocycles. The Morgan fingerprint density at radius 3 is 1.27 bits per heavy atom. The van der Waals surface area contributed by atoms with Gasteiger partial charge in [0.1, 0.15) is 0 Å². The van der Waals surface area contributed by atoms with E-state index in [1.807, 2.05) is 0 Å². The first-order valence-electron chi connectivity index (χ1n) is 6.58. The standard InChI is InChI=1S/C8H6O4.C4H4O4.C2H6O2.C2H4/c9-7(10)5-2-1-3-6(4-5)8(11)12;5-3(6)1-2-4(7)8;3-1-2-4;1-2/h1-4H,(H,9,10)(H,11,12);1-2H,(H,5,6)(H,7,8);3-4H,1-2H2;1-2H2/b;2-1-;;. The van der Waals surface area contributed by atoms with E-state index >= 15 is 0 Å². The predicted octanol–water partition coefficient (Wildman–Crippen LogP) is 0.568. The van der Waals surface area contributed by atoms with Crippen molar-refractivity contribution in [3.63, 3.8) is 0 Å². The van der Waals surface area contributed by atoms with Gasteiger partial charge < -0.3 is 30.6 Å². The summed E-state index contributed by atoms with van der Waals surface area (Å²) < 4.78 is 0. The Morgan fingerprint density at radius 1 is 0.769 bits per heavy atom. The molecule has 0 fully saturated rings. The third kappa shape index (κ3) is 18.5. The van der Waals surface area contributed by atoms with Crippen LogP contribution in [0.3, 0.4) is 0 Å². The SMILES string of the molecule is C=C.O=C(O)/C=C\C(=O)O.O=C(O)c1cccc(C(=O)O)c1.OCCO. The number of benzene rings is 1. The van der Waals surface area contributed by atoms with Crippen LogP contribution in [0, 0.1) is 0 Å². The Balaban J connectivity index is -0.000000328. The summed E-state index contributed by atoms with van der Waals surface area (Å²) in [5.41, 5.74) is -0.0372. The van der Waals surface area contributed by atoms with Gasteiger partial charge in [0.2, 0.25) is 0 Å². The number of hydrogen-bond acceptors (Lipinski definition) is 6. The van der Waals surface area contributed by atoms with Crippen LogP contribution in [-0.2, 0) is 9.59 Å². The number of rotatable bonds is 5. The Kier molecular flexibility index (Phi) is 18.8. The van der Waals surface area contributed by atoms with Gasteiger partial charge in [0.15, 0.2) is 0 Å². The van der Waals surface area contributed by atoms with Gasteiger partial charge in [-0.2, -0.15) is 0 Å². The van der Waals surface area contributed by atoms with E-state index in [1.165, 1.54) is 18.2 Å². The number of hydrogen-bond donors (Lipinski definition) is 6. The first-order chi connectivity index (χ1) is 12.1. The summed E-state index contributed by atoms with van der Waals surface area (Å²) in [6.45, 7) is 5.75. The van der Waals surface area contributed by atoms with E-state index in [0.29, 0.717) is 12.2 Å². The van der Waals surface area contributed by atoms with Crippen LogP contribution in [0.15, 0.2) is 49.6 Å². The summed E-state index contributed by atoms with van der Waals surface area (Å²) in [6, 6.07) is 5.20. The van der Waals surface area contributed by atoms with Crippen molar-refractivity contribution < 1.29 is 49.8 Å². The van der Waals surface area contributed by atoms with Gasteiger partial charge in [-0.25, -0.2) is 19.2 Å². The zero-order valence-corrected chi connectivity index (χ0v) is 13.6. The largest absolute Gasteiger partial charge is 0.478 e. The fraction of sp³-hybridized carbons (Fsp3) is 0.125. The molecule has 0 amide bonds. The number of aliphatic hydroxyl groups excluding tert-OH is 2. The molecule has 1 rings (SSSR count). The maximum absolute atomic E-state index is 10.4. The Morgan fingerprint density at radius 2 is 1.08 bits per heavy atom. The van der Waals surface area contributed by atoms with Gasteiger partial charge in [0, 0.05) is 12.2 Å². The molecule has 0 radical (unpaired) electrons. The lowest BCUT2D eigenvalue weighted by Gasteiger charge is -1.95. The van der Waals surface area contributed by atoms with E-state index in [9.17, 15) is 19.2 Å². The molecule has 0 atom stereocenters. The van der Waals surface area contributed by atoms with Gasteiger partial charge in [-0.1, -0.05) is 6.07 Å². The fourth-order valence-corrected chi connectivity index (χ4v) is 0.928. The second kappa shape index (κ2) is 17.8. The molecule has 0 bridgehead atoms. The highest BCUT2D eigenvalue weighted by Crippen LogP contribution is 2.04. The highest BCUT2D eigenvalue weighted by atomic mass is 16.4. The van der Waals surface area contributed by atoms with E-state index in [2.05, 4.69) is 13.2 Å². The van der Waals surface area contributed by atoms with Crippen molar-refractivity contribution in [2.45, 2.75) is 0 Å². The number of carboxylic acids is 4. The summed E-state index contributed by atoms with van der Waals surface area (Å²) in [4.78, 5) is 39.9. The smallest absolute Gasteiger partial charge is 0.335 e. The molecule has 10 heteroatoms. The van der Waals surface area contributed by atoms with Gasteiger partial charge in [-0.15, -0.1) is 13.2 Å². The summed E-state index contributed by atoms with van der Waals surface area (Å²) >= 11 is 0. The Hall–Kier alpha value is -3.50. The van der Waals surface area contributed by atoms with E-state index in [0.717, 1.165) is 6.07 Å². The van der Waals surface area contributed by atoms with Gasteiger partial charge in [-0.3, -0.25) is 0 Å². The quantitative estimate of drug-likeness (QED) is 0.314. The van der Waals surface area contributed by atoms with Gasteiger partial charge >= 0.3 is 23.9 Å². The first kappa shape index (κ1) is 27.4. The van der Waals surface area contributed by atoms with Gasteiger partial charge in [0.05, 0.1) is 24.3 Å². The highest BCUT2D eigenvalue weighted by Gasteiger charge is 2.06. The molecule has 0 aliphatic rings. The maximum atomic E-state index is 10.4. The van der Waals surface area contributed by atoms with E-state index in [1.54, 1.807) is 0 Å². The summed E-state index contributed by atoms with van der Waals surface area (Å²) in [5.74, 6) is -4.77. The Bertz CT molecular complexity index is 560. The number of aromatic carboxylic acids is 2. The zero-order valence-electron chi connectivity index (χ0n) is 13.6. The van der Waals surface area contributed by atoms with Crippen molar-refractivity contribution in [3.8, 4) is 0 Å². The van der Waals surface area contributed by atoms with Crippen LogP contribution in [0.2, 0.25) is 0 Å². The van der Waals surface area contributed by atoms with Crippen LogP contribution in [0.1, 0.15) is 20.7 Å². The third-order valence-electron chi connectivity index (χ3n) is 1.82. The lowest BCUT2D eigenvalue weighted by molar-refractivity contribution is -0.134. The second-order valence-electron chi connectivity index (χ2n) is 3.65. The van der Waals surface area contributed by atoms with Crippen molar-refractivity contribution in [1.29, 1.82) is 0 Å². The first-order valence-corrected chi connectivity index (χ1v) is 6.58. The average molecular weight is 372 g/mol. The predicted molar refractivity (Wildman–Crippen MR) is 90.2 cm³/mol. The minimum absolute atomic E-state index is 0.0186. The molecule has 26 heavy (non-hydrogen) atoms. The van der Waals surface area contributed by atoms with Crippen LogP contribution in [0.4, 0.5) is 0 Å². The Labute approximate surface area is 148 Å². The lowest BCUT2D eigenvalue weighted by atomic mass is 10.1. The van der Waals surface area contributed by atoms with Crippen molar-refractivity contribution in [1.82, 2.24) is 0 Å². The molecule has 0 spiro atoms. The molecule has 10 nitrogen and oxygen atoms in total. The van der Waals surface area contributed by atoms with E-state index in [4.69, 9.17) is 30.6 Å². The fourth-order valence-electron chi connectivity index (χ4n) is 0.928. The lowest BCUT2D eigenvalue weighted by Crippen LogP contribution is -2.01. The average Bonchev–Trinajstić information content (AvgIpc) is 2.62. The maximum Gasteiger partial charge on any atom is 0.335 e. The van der Waals surface area contributed by atoms with Crippen molar-refractivity contribution in [2.24, 2.45) is 0 Å². The molecule has 0 saturated heterocycles. The number of aliphatic hydroxyl groups is 2. The molecular formula is C16H20O10. The summed E-state index contributed by atoms with van der Waals surface area (Å²) in [6.07, 6.45) is 1.12. The highest BCUT2D eigenvalue weighted by molar-refractivity contribution is 5.93. The topological polar surface area (TPSA) is 190 Å². The number of aliphatic carboxylic acids is 2. The summed E-state index contributed by atoms with van der Waals surface area (Å²) in [7, 11) is 0. The van der Waals surface area contributed by atoms with E-state index in [-0.39, 0.29) is 24.3 Å². The number of carbonyl (C=O) groups is 4. The van der Waals surface area contributed by atoms with Gasteiger partial charge in [0.25, 0.3) is 0 Å². The van der Waals surface area contributed by atoms with Crippen molar-refractivity contribution in [2.75, 3.05) is 13.2 Å². The number of carboxylic acid groups (broad SMARTS) is 4. The molecule has 0 aliphatic heterocycles. The van der Waals surface area contributed by atoms with Crippen LogP contribution in [0.5, 0.6) is 0 Å². The molecule has 0 saturated carbocycles. The molecule has 0 aromatic heterocycles. The normalized spacial score (nSPS) is 8.54. The molecule has 144 valence electrons. The third-order valence-corrected chi connectivity index (χ3v) is 1.82. The molecule has 1 aromatic carbocycles. The second-order valence-corrected chi connectivity index (χ2v) is 3.65. The van der Waals surface area contributed by atoms with Crippen LogP contribution >= 0.6 is 0 Å². The van der Waals surface area contributed by atoms with Crippen LogP contribution in [0.25, 0.3) is 0 Å². The van der Waals surface area contributed by atoms with Crippen LogP contribution in [-0.4, -0.2) is 67.7 Å². The summed E-state index contributed by atoms with van der Waals surface area (Å²) in [5, 5.41) is 47.9. The van der Waals surface area contributed by atoms with Gasteiger partial charge in [-0.05, 0) is 18.2 Å².